The largest absolute Gasteiger partial charge is 0.356 e. The lowest BCUT2D eigenvalue weighted by Gasteiger charge is -2.08. The molecular formula is C16H15N3O5S. The monoisotopic (exact) mass is 361 g/mol. The summed E-state index contributed by atoms with van der Waals surface area (Å²) in [6, 6.07) is 11.1. The smallest absolute Gasteiger partial charge is 0.271 e. The number of likely N-dealkylation sites (N-methyl/N-ethyl adjacent to an activating group) is 1. The summed E-state index contributed by atoms with van der Waals surface area (Å²) in [4.78, 5) is 21.3. The van der Waals surface area contributed by atoms with E-state index in [1.165, 1.54) is 43.5 Å². The molecule has 0 saturated carbocycles. The number of nitrogens with one attached hydrogen (secondary N) is 2. The Hall–Kier alpha value is -3.20. The van der Waals surface area contributed by atoms with E-state index in [2.05, 4.69) is 10.0 Å². The van der Waals surface area contributed by atoms with Crippen LogP contribution in [-0.2, 0) is 14.8 Å². The molecule has 25 heavy (non-hydrogen) atoms. The van der Waals surface area contributed by atoms with Crippen molar-refractivity contribution in [3.8, 4) is 0 Å². The number of non-ortho nitro benzene ring substituents is 1. The van der Waals surface area contributed by atoms with Gasteiger partial charge in [0.15, 0.2) is 0 Å². The molecule has 8 nitrogen and oxygen atoms in total. The van der Waals surface area contributed by atoms with Crippen molar-refractivity contribution in [1.29, 1.82) is 0 Å². The highest BCUT2D eigenvalue weighted by molar-refractivity contribution is 7.92. The van der Waals surface area contributed by atoms with E-state index in [1.54, 1.807) is 18.2 Å². The third kappa shape index (κ3) is 4.88. The van der Waals surface area contributed by atoms with Crippen LogP contribution < -0.4 is 10.0 Å². The third-order valence-corrected chi connectivity index (χ3v) is 4.57. The van der Waals surface area contributed by atoms with Gasteiger partial charge in [-0.2, -0.15) is 0 Å². The number of sulfonamides is 1. The van der Waals surface area contributed by atoms with Crippen LogP contribution in [0.1, 0.15) is 5.56 Å². The van der Waals surface area contributed by atoms with Gasteiger partial charge in [-0.1, -0.05) is 18.2 Å². The van der Waals surface area contributed by atoms with Gasteiger partial charge in [0, 0.05) is 25.3 Å². The van der Waals surface area contributed by atoms with Crippen LogP contribution in [0.5, 0.6) is 0 Å². The lowest BCUT2D eigenvalue weighted by Crippen LogP contribution is -2.14. The molecule has 0 heterocycles. The number of anilines is 1. The lowest BCUT2D eigenvalue weighted by molar-refractivity contribution is -0.384. The average Bonchev–Trinajstić information content (AvgIpc) is 2.59. The number of nitrogens with zero attached hydrogens (tertiary/aromatic N) is 1. The molecule has 2 aromatic carbocycles. The van der Waals surface area contributed by atoms with Gasteiger partial charge in [-0.25, -0.2) is 8.42 Å². The molecule has 9 heteroatoms. The molecule has 0 aliphatic rings. The molecule has 2 aromatic rings. The molecule has 130 valence electrons. The Balaban J connectivity index is 2.19. The fourth-order valence-electron chi connectivity index (χ4n) is 1.91. The third-order valence-electron chi connectivity index (χ3n) is 3.17. The van der Waals surface area contributed by atoms with E-state index >= 15 is 0 Å². The van der Waals surface area contributed by atoms with E-state index in [9.17, 15) is 23.3 Å². The number of carbonyl (C=O) groups excluding carboxylic acids is 1. The van der Waals surface area contributed by atoms with Gasteiger partial charge in [0.2, 0.25) is 5.91 Å². The summed E-state index contributed by atoms with van der Waals surface area (Å²) < 4.78 is 27.0. The molecule has 0 fully saturated rings. The lowest BCUT2D eigenvalue weighted by atomic mass is 10.2. The van der Waals surface area contributed by atoms with Crippen molar-refractivity contribution in [3.05, 3.63) is 70.3 Å². The van der Waals surface area contributed by atoms with Crippen molar-refractivity contribution in [2.45, 2.75) is 4.90 Å². The molecule has 0 aliphatic heterocycles. The summed E-state index contributed by atoms with van der Waals surface area (Å²) in [5.74, 6) is -0.274. The van der Waals surface area contributed by atoms with Crippen LogP contribution >= 0.6 is 0 Å². The number of carbonyl (C=O) groups is 1. The Morgan fingerprint density at radius 3 is 2.44 bits per heavy atom. The van der Waals surface area contributed by atoms with Crippen molar-refractivity contribution in [2.75, 3.05) is 11.8 Å². The zero-order valence-corrected chi connectivity index (χ0v) is 14.0. The Kier molecular flexibility index (Phi) is 5.50. The van der Waals surface area contributed by atoms with E-state index in [0.717, 1.165) is 6.07 Å². The van der Waals surface area contributed by atoms with Crippen LogP contribution in [0.3, 0.4) is 0 Å². The van der Waals surface area contributed by atoms with Gasteiger partial charge in [0.25, 0.3) is 15.7 Å². The summed E-state index contributed by atoms with van der Waals surface area (Å²) in [7, 11) is -2.38. The van der Waals surface area contributed by atoms with Crippen LogP contribution in [0.15, 0.2) is 59.5 Å². The number of hydrogen-bond donors (Lipinski definition) is 2. The van der Waals surface area contributed by atoms with Crippen molar-refractivity contribution < 1.29 is 18.1 Å². The maximum absolute atomic E-state index is 12.3. The topological polar surface area (TPSA) is 118 Å². The first-order valence-corrected chi connectivity index (χ1v) is 8.57. The van der Waals surface area contributed by atoms with Gasteiger partial charge in [-0.15, -0.1) is 0 Å². The minimum atomic E-state index is -3.88. The first-order chi connectivity index (χ1) is 11.8. The zero-order chi connectivity index (χ0) is 18.4. The summed E-state index contributed by atoms with van der Waals surface area (Å²) in [6.45, 7) is 0. The summed E-state index contributed by atoms with van der Waals surface area (Å²) in [5, 5.41) is 13.2. The Morgan fingerprint density at radius 2 is 1.84 bits per heavy atom. The van der Waals surface area contributed by atoms with Gasteiger partial charge in [0.1, 0.15) is 0 Å². The van der Waals surface area contributed by atoms with Crippen LogP contribution in [-0.4, -0.2) is 26.3 Å². The number of nitro groups is 1. The normalized spacial score (nSPS) is 11.2. The minimum Gasteiger partial charge on any atom is -0.356 e. The van der Waals surface area contributed by atoms with Gasteiger partial charge < -0.3 is 5.32 Å². The predicted molar refractivity (Wildman–Crippen MR) is 93.4 cm³/mol. The molecule has 0 bridgehead atoms. The maximum Gasteiger partial charge on any atom is 0.271 e. The Morgan fingerprint density at radius 1 is 1.16 bits per heavy atom. The molecule has 0 unspecified atom stereocenters. The summed E-state index contributed by atoms with van der Waals surface area (Å²) >= 11 is 0. The fraction of sp³-hybridized carbons (Fsp3) is 0.0625. The van der Waals surface area contributed by atoms with E-state index in [4.69, 9.17) is 0 Å². The quantitative estimate of drug-likeness (QED) is 0.464. The maximum atomic E-state index is 12.3. The highest BCUT2D eigenvalue weighted by Gasteiger charge is 2.15. The molecular weight excluding hydrogens is 346 g/mol. The zero-order valence-electron chi connectivity index (χ0n) is 13.2. The van der Waals surface area contributed by atoms with Gasteiger partial charge in [-0.3, -0.25) is 19.6 Å². The highest BCUT2D eigenvalue weighted by Crippen LogP contribution is 2.21. The van der Waals surface area contributed by atoms with E-state index < -0.39 is 14.9 Å². The van der Waals surface area contributed by atoms with Gasteiger partial charge >= 0.3 is 0 Å². The minimum absolute atomic E-state index is 0.00361. The number of nitro benzene ring substituents is 1. The molecule has 0 saturated heterocycles. The summed E-state index contributed by atoms with van der Waals surface area (Å²) in [5.41, 5.74) is 0.533. The second-order valence-corrected chi connectivity index (χ2v) is 6.61. The molecule has 0 spiro atoms. The van der Waals surface area contributed by atoms with E-state index in [1.807, 2.05) is 0 Å². The molecule has 0 atom stereocenters. The first kappa shape index (κ1) is 18.1. The van der Waals surface area contributed by atoms with Crippen molar-refractivity contribution in [1.82, 2.24) is 5.32 Å². The molecule has 0 radical (unpaired) electrons. The highest BCUT2D eigenvalue weighted by atomic mass is 32.2. The fourth-order valence-corrected chi connectivity index (χ4v) is 2.96. The van der Waals surface area contributed by atoms with Crippen molar-refractivity contribution in [2.24, 2.45) is 0 Å². The van der Waals surface area contributed by atoms with Crippen molar-refractivity contribution in [3.63, 3.8) is 0 Å². The number of amides is 1. The second-order valence-electron chi connectivity index (χ2n) is 4.93. The molecule has 2 rings (SSSR count). The SMILES string of the molecule is CNC(=O)/C=C/c1ccc(S(=O)(=O)Nc2cccc([N+](=O)[O-])c2)cc1. The standard InChI is InChI=1S/C16H15N3O5S/c1-17-16(20)10-7-12-5-8-15(9-6-12)25(23,24)18-13-3-2-4-14(11-13)19(21)22/h2-11,18H,1H3,(H,17,20)/b10-7+. The number of rotatable bonds is 6. The molecule has 1 amide bonds. The molecule has 0 aromatic heterocycles. The first-order valence-electron chi connectivity index (χ1n) is 7.09. The number of benzene rings is 2. The average molecular weight is 361 g/mol. The number of hydrogen-bond acceptors (Lipinski definition) is 5. The Bertz CT molecular complexity index is 921. The van der Waals surface area contributed by atoms with Crippen LogP contribution in [0.25, 0.3) is 6.08 Å². The predicted octanol–water partition coefficient (Wildman–Crippen LogP) is 2.15. The van der Waals surface area contributed by atoms with Crippen LogP contribution in [0.2, 0.25) is 0 Å². The second kappa shape index (κ2) is 7.58. The van der Waals surface area contributed by atoms with Crippen molar-refractivity contribution >= 4 is 33.4 Å². The van der Waals surface area contributed by atoms with E-state index in [-0.39, 0.29) is 22.2 Å². The van der Waals surface area contributed by atoms with Crippen LogP contribution in [0, 0.1) is 10.1 Å². The molecule has 0 aliphatic carbocycles. The Labute approximate surface area is 144 Å². The van der Waals surface area contributed by atoms with Crippen LogP contribution in [0.4, 0.5) is 11.4 Å². The molecule has 2 N–H and O–H groups in total. The summed E-state index contributed by atoms with van der Waals surface area (Å²) in [6.07, 6.45) is 2.87. The van der Waals surface area contributed by atoms with Gasteiger partial charge in [-0.05, 0) is 29.8 Å². The van der Waals surface area contributed by atoms with E-state index in [0.29, 0.717) is 5.56 Å². The van der Waals surface area contributed by atoms with Gasteiger partial charge in [0.05, 0.1) is 15.5 Å².